The lowest BCUT2D eigenvalue weighted by atomic mass is 9.97. The van der Waals surface area contributed by atoms with E-state index in [2.05, 4.69) is 49.4 Å². The molecule has 0 amide bonds. The number of aliphatic hydroxyl groups excluding tert-OH is 1. The van der Waals surface area contributed by atoms with Crippen molar-refractivity contribution in [2.24, 2.45) is 0 Å². The van der Waals surface area contributed by atoms with E-state index in [1.165, 1.54) is 48.4 Å². The molecule has 1 atom stereocenters. The second-order valence-electron chi connectivity index (χ2n) is 6.05. The highest BCUT2D eigenvalue weighted by molar-refractivity contribution is 5.85. The second kappa shape index (κ2) is 8.84. The van der Waals surface area contributed by atoms with Gasteiger partial charge in [0.15, 0.2) is 0 Å². The van der Waals surface area contributed by atoms with Gasteiger partial charge in [0.2, 0.25) is 0 Å². The summed E-state index contributed by atoms with van der Waals surface area (Å²) in [5, 5.41) is 12.8. The molecular formula is C20H28O. The normalized spacial score (nSPS) is 12.7. The number of hydrogen-bond donors (Lipinski definition) is 1. The monoisotopic (exact) mass is 284 g/mol. The van der Waals surface area contributed by atoms with Gasteiger partial charge in [0.1, 0.15) is 0 Å². The molecule has 0 aliphatic rings. The molecule has 1 unspecified atom stereocenters. The van der Waals surface area contributed by atoms with Gasteiger partial charge in [-0.3, -0.25) is 0 Å². The van der Waals surface area contributed by atoms with Crippen LogP contribution in [0, 0.1) is 0 Å². The first-order chi connectivity index (χ1) is 10.3. The summed E-state index contributed by atoms with van der Waals surface area (Å²) in [5.41, 5.74) is 1.27. The Morgan fingerprint density at radius 3 is 2.43 bits per heavy atom. The number of aliphatic hydroxyl groups is 1. The predicted molar refractivity (Wildman–Crippen MR) is 91.7 cm³/mol. The minimum Gasteiger partial charge on any atom is -0.393 e. The minimum absolute atomic E-state index is 0.206. The van der Waals surface area contributed by atoms with Gasteiger partial charge in [0.05, 0.1) is 6.10 Å². The second-order valence-corrected chi connectivity index (χ2v) is 6.05. The number of unbranched alkanes of at least 4 members (excludes halogenated alkanes) is 5. The summed E-state index contributed by atoms with van der Waals surface area (Å²) in [7, 11) is 0. The average molecular weight is 284 g/mol. The SMILES string of the molecule is CCCCCCCCC(O)Cc1cccc2ccccc12. The molecular weight excluding hydrogens is 256 g/mol. The van der Waals surface area contributed by atoms with E-state index in [0.29, 0.717) is 0 Å². The molecule has 2 aromatic carbocycles. The van der Waals surface area contributed by atoms with Crippen LogP contribution in [0.25, 0.3) is 10.8 Å². The summed E-state index contributed by atoms with van der Waals surface area (Å²) in [6.07, 6.45) is 9.20. The Labute approximate surface area is 129 Å². The molecule has 0 saturated heterocycles. The van der Waals surface area contributed by atoms with Crippen LogP contribution in [0.2, 0.25) is 0 Å². The first-order valence-corrected chi connectivity index (χ1v) is 8.46. The van der Waals surface area contributed by atoms with Crippen molar-refractivity contribution in [3.05, 3.63) is 48.0 Å². The van der Waals surface area contributed by atoms with Gasteiger partial charge in [0, 0.05) is 0 Å². The quantitative estimate of drug-likeness (QED) is 0.603. The van der Waals surface area contributed by atoms with E-state index in [4.69, 9.17) is 0 Å². The molecule has 0 fully saturated rings. The van der Waals surface area contributed by atoms with Crippen molar-refractivity contribution in [2.45, 2.75) is 64.4 Å². The van der Waals surface area contributed by atoms with E-state index in [1.807, 2.05) is 0 Å². The molecule has 0 spiro atoms. The maximum Gasteiger partial charge on any atom is 0.0580 e. The number of fused-ring (bicyclic) bond motifs is 1. The van der Waals surface area contributed by atoms with Crippen molar-refractivity contribution < 1.29 is 5.11 Å². The Kier molecular flexibility index (Phi) is 6.75. The van der Waals surface area contributed by atoms with E-state index >= 15 is 0 Å². The molecule has 21 heavy (non-hydrogen) atoms. The fourth-order valence-electron chi connectivity index (χ4n) is 2.99. The molecule has 0 aliphatic carbocycles. The van der Waals surface area contributed by atoms with Crippen LogP contribution in [0.4, 0.5) is 0 Å². The zero-order valence-corrected chi connectivity index (χ0v) is 13.2. The van der Waals surface area contributed by atoms with Gasteiger partial charge >= 0.3 is 0 Å². The van der Waals surface area contributed by atoms with Gasteiger partial charge in [-0.1, -0.05) is 87.9 Å². The third-order valence-corrected chi connectivity index (χ3v) is 4.23. The third-order valence-electron chi connectivity index (χ3n) is 4.23. The lowest BCUT2D eigenvalue weighted by Crippen LogP contribution is -2.10. The van der Waals surface area contributed by atoms with Crippen LogP contribution >= 0.6 is 0 Å². The summed E-state index contributed by atoms with van der Waals surface area (Å²) in [4.78, 5) is 0. The summed E-state index contributed by atoms with van der Waals surface area (Å²) >= 11 is 0. The Morgan fingerprint density at radius 1 is 0.857 bits per heavy atom. The van der Waals surface area contributed by atoms with Gasteiger partial charge in [-0.25, -0.2) is 0 Å². The van der Waals surface area contributed by atoms with Crippen LogP contribution in [-0.4, -0.2) is 11.2 Å². The highest BCUT2D eigenvalue weighted by atomic mass is 16.3. The zero-order chi connectivity index (χ0) is 14.9. The predicted octanol–water partition coefficient (Wildman–Crippen LogP) is 5.49. The van der Waals surface area contributed by atoms with Crippen molar-refractivity contribution in [3.63, 3.8) is 0 Å². The molecule has 1 nitrogen and oxygen atoms in total. The summed E-state index contributed by atoms with van der Waals surface area (Å²) in [6.45, 7) is 2.24. The van der Waals surface area contributed by atoms with Crippen molar-refractivity contribution >= 4 is 10.8 Å². The molecule has 2 aromatic rings. The van der Waals surface area contributed by atoms with Gasteiger partial charge in [-0.2, -0.15) is 0 Å². The van der Waals surface area contributed by atoms with Crippen LogP contribution in [-0.2, 0) is 6.42 Å². The van der Waals surface area contributed by atoms with E-state index in [9.17, 15) is 5.11 Å². The molecule has 0 bridgehead atoms. The Morgan fingerprint density at radius 2 is 1.57 bits per heavy atom. The first kappa shape index (κ1) is 16.0. The van der Waals surface area contributed by atoms with Crippen LogP contribution < -0.4 is 0 Å². The van der Waals surface area contributed by atoms with Crippen molar-refractivity contribution in [3.8, 4) is 0 Å². The van der Waals surface area contributed by atoms with E-state index in [1.54, 1.807) is 0 Å². The topological polar surface area (TPSA) is 20.2 Å². The molecule has 0 saturated carbocycles. The average Bonchev–Trinajstić information content (AvgIpc) is 2.51. The lowest BCUT2D eigenvalue weighted by molar-refractivity contribution is 0.161. The molecule has 114 valence electrons. The summed E-state index contributed by atoms with van der Waals surface area (Å²) in [5.74, 6) is 0. The van der Waals surface area contributed by atoms with Crippen LogP contribution in [0.15, 0.2) is 42.5 Å². The molecule has 1 heteroatoms. The molecule has 2 rings (SSSR count). The Balaban J connectivity index is 1.80. The van der Waals surface area contributed by atoms with Gasteiger partial charge in [-0.05, 0) is 29.2 Å². The van der Waals surface area contributed by atoms with Crippen LogP contribution in [0.5, 0.6) is 0 Å². The highest BCUT2D eigenvalue weighted by Gasteiger charge is 2.08. The molecule has 1 N–H and O–H groups in total. The smallest absolute Gasteiger partial charge is 0.0580 e. The van der Waals surface area contributed by atoms with Gasteiger partial charge in [-0.15, -0.1) is 0 Å². The maximum atomic E-state index is 10.3. The van der Waals surface area contributed by atoms with Crippen molar-refractivity contribution in [1.29, 1.82) is 0 Å². The Hall–Kier alpha value is -1.34. The van der Waals surface area contributed by atoms with Gasteiger partial charge < -0.3 is 5.11 Å². The van der Waals surface area contributed by atoms with Crippen LogP contribution in [0.1, 0.15) is 57.4 Å². The lowest BCUT2D eigenvalue weighted by Gasteiger charge is -2.12. The molecule has 0 aliphatic heterocycles. The largest absolute Gasteiger partial charge is 0.393 e. The molecule has 0 heterocycles. The summed E-state index contributed by atoms with van der Waals surface area (Å²) in [6, 6.07) is 14.8. The fourth-order valence-corrected chi connectivity index (χ4v) is 2.99. The van der Waals surface area contributed by atoms with E-state index in [0.717, 1.165) is 19.3 Å². The third kappa shape index (κ3) is 5.17. The minimum atomic E-state index is -0.206. The number of benzene rings is 2. The number of hydrogen-bond acceptors (Lipinski definition) is 1. The molecule has 0 aromatic heterocycles. The van der Waals surface area contributed by atoms with E-state index in [-0.39, 0.29) is 6.10 Å². The zero-order valence-electron chi connectivity index (χ0n) is 13.2. The number of rotatable bonds is 9. The highest BCUT2D eigenvalue weighted by Crippen LogP contribution is 2.21. The van der Waals surface area contributed by atoms with E-state index < -0.39 is 0 Å². The van der Waals surface area contributed by atoms with Crippen molar-refractivity contribution in [2.75, 3.05) is 0 Å². The standard InChI is InChI=1S/C20H28O/c1-2-3-4-5-6-7-14-19(21)16-18-13-10-12-17-11-8-9-15-20(17)18/h8-13,15,19,21H,2-7,14,16H2,1H3. The fraction of sp³-hybridized carbons (Fsp3) is 0.500. The van der Waals surface area contributed by atoms with Gasteiger partial charge in [0.25, 0.3) is 0 Å². The van der Waals surface area contributed by atoms with Crippen LogP contribution in [0.3, 0.4) is 0 Å². The first-order valence-electron chi connectivity index (χ1n) is 8.46. The van der Waals surface area contributed by atoms with Crippen molar-refractivity contribution in [1.82, 2.24) is 0 Å². The Bertz CT molecular complexity index is 527. The molecule has 0 radical (unpaired) electrons. The maximum absolute atomic E-state index is 10.3. The summed E-state index contributed by atoms with van der Waals surface area (Å²) < 4.78 is 0.